The number of amides is 2. The number of benzene rings is 4. The Bertz CT molecular complexity index is 1620. The number of nitrogens with zero attached hydrogens (tertiary/aromatic N) is 1. The van der Waals surface area contributed by atoms with Gasteiger partial charge in [-0.3, -0.25) is 9.59 Å². The zero-order chi connectivity index (χ0) is 28.9. The molecule has 0 saturated heterocycles. The Morgan fingerprint density at radius 3 is 2.27 bits per heavy atom. The van der Waals surface area contributed by atoms with Crippen molar-refractivity contribution in [3.63, 3.8) is 0 Å². The average Bonchev–Trinajstić information content (AvgIpc) is 3.08. The standard InChI is InChI=1S/C30H21Cl4N3O4/c31-17-10-11-25(41-13-12-40-19-6-2-1-3-7-19)21(14-17)29(38)37-28-30(39)35-24-9-5-4-8-20(24)27(36-28)26-22(33)15-18(32)16-23(26)34/h1-11,14-16,28H,12-13H2,(H,35,39)(H,37,38). The first-order valence-electron chi connectivity index (χ1n) is 12.3. The Morgan fingerprint density at radius 2 is 1.51 bits per heavy atom. The summed E-state index contributed by atoms with van der Waals surface area (Å²) in [5.41, 5.74) is 1.82. The molecule has 1 heterocycles. The first kappa shape index (κ1) is 28.8. The molecule has 2 amide bonds. The Kier molecular flexibility index (Phi) is 9.00. The fourth-order valence-corrected chi connectivity index (χ4v) is 5.33. The molecular formula is C30H21Cl4N3O4. The van der Waals surface area contributed by atoms with E-state index >= 15 is 0 Å². The lowest BCUT2D eigenvalue weighted by Gasteiger charge is -2.16. The summed E-state index contributed by atoms with van der Waals surface area (Å²) in [6, 6.07) is 24.0. The molecule has 1 aliphatic rings. The molecule has 0 aliphatic carbocycles. The van der Waals surface area contributed by atoms with E-state index in [9.17, 15) is 9.59 Å². The number of fused-ring (bicyclic) bond motifs is 1. The number of halogens is 4. The van der Waals surface area contributed by atoms with Crippen LogP contribution in [-0.4, -0.2) is 36.9 Å². The molecular weight excluding hydrogens is 608 g/mol. The number of benzodiazepines with no additional fused rings is 1. The lowest BCUT2D eigenvalue weighted by molar-refractivity contribution is -0.117. The third-order valence-electron chi connectivity index (χ3n) is 6.00. The lowest BCUT2D eigenvalue weighted by Crippen LogP contribution is -2.42. The highest BCUT2D eigenvalue weighted by atomic mass is 35.5. The predicted molar refractivity (Wildman–Crippen MR) is 162 cm³/mol. The van der Waals surface area contributed by atoms with Gasteiger partial charge in [-0.1, -0.05) is 82.8 Å². The Balaban J connectivity index is 1.42. The highest BCUT2D eigenvalue weighted by Crippen LogP contribution is 2.34. The van der Waals surface area contributed by atoms with Crippen LogP contribution in [0.2, 0.25) is 20.1 Å². The molecule has 1 aliphatic heterocycles. The maximum atomic E-state index is 13.5. The number of hydrogen-bond acceptors (Lipinski definition) is 5. The number of carbonyl (C=O) groups is 2. The van der Waals surface area contributed by atoms with Gasteiger partial charge in [0.25, 0.3) is 11.8 Å². The topological polar surface area (TPSA) is 89.0 Å². The van der Waals surface area contributed by atoms with E-state index in [2.05, 4.69) is 15.6 Å². The molecule has 1 unspecified atom stereocenters. The SMILES string of the molecule is O=C(NC1N=C(c2c(Cl)cc(Cl)cc2Cl)c2ccccc2NC1=O)c1cc(Cl)ccc1OCCOc1ccccc1. The Labute approximate surface area is 256 Å². The molecule has 208 valence electrons. The van der Waals surface area contributed by atoms with Crippen molar-refractivity contribution in [2.45, 2.75) is 6.17 Å². The minimum atomic E-state index is -1.35. The molecule has 0 spiro atoms. The first-order chi connectivity index (χ1) is 19.8. The predicted octanol–water partition coefficient (Wildman–Crippen LogP) is 7.30. The van der Waals surface area contributed by atoms with Gasteiger partial charge in [-0.05, 0) is 48.5 Å². The molecule has 1 atom stereocenters. The van der Waals surface area contributed by atoms with Crippen LogP contribution in [0.15, 0.2) is 89.9 Å². The van der Waals surface area contributed by atoms with E-state index in [-0.39, 0.29) is 34.6 Å². The second-order valence-corrected chi connectivity index (χ2v) is 10.5. The van der Waals surface area contributed by atoms with Crippen LogP contribution in [-0.2, 0) is 4.79 Å². The lowest BCUT2D eigenvalue weighted by atomic mass is 10.0. The van der Waals surface area contributed by atoms with Crippen LogP contribution >= 0.6 is 46.4 Å². The van der Waals surface area contributed by atoms with Crippen molar-refractivity contribution in [1.82, 2.24) is 5.32 Å². The quantitative estimate of drug-likeness (QED) is 0.200. The fraction of sp³-hybridized carbons (Fsp3) is 0.100. The van der Waals surface area contributed by atoms with Crippen molar-refractivity contribution in [1.29, 1.82) is 0 Å². The van der Waals surface area contributed by atoms with Crippen molar-refractivity contribution in [3.05, 3.63) is 122 Å². The fourth-order valence-electron chi connectivity index (χ4n) is 4.16. The molecule has 0 fully saturated rings. The smallest absolute Gasteiger partial charge is 0.269 e. The normalized spacial score (nSPS) is 14.3. The van der Waals surface area contributed by atoms with Crippen molar-refractivity contribution < 1.29 is 19.1 Å². The van der Waals surface area contributed by atoms with Crippen LogP contribution in [0.25, 0.3) is 0 Å². The highest BCUT2D eigenvalue weighted by molar-refractivity contribution is 6.44. The van der Waals surface area contributed by atoms with Crippen molar-refractivity contribution >= 4 is 69.6 Å². The van der Waals surface area contributed by atoms with Crippen LogP contribution in [0.5, 0.6) is 11.5 Å². The molecule has 4 aromatic carbocycles. The summed E-state index contributed by atoms with van der Waals surface area (Å²) < 4.78 is 11.5. The van der Waals surface area contributed by atoms with Gasteiger partial charge in [0, 0.05) is 21.2 Å². The molecule has 0 saturated carbocycles. The second-order valence-electron chi connectivity index (χ2n) is 8.78. The molecule has 0 aromatic heterocycles. The molecule has 41 heavy (non-hydrogen) atoms. The Hall–Kier alpha value is -3.75. The number of aliphatic imine (C=N–C) groups is 1. The van der Waals surface area contributed by atoms with Gasteiger partial charge in [0.2, 0.25) is 6.17 Å². The zero-order valence-electron chi connectivity index (χ0n) is 21.2. The van der Waals surface area contributed by atoms with E-state index in [4.69, 9.17) is 55.9 Å². The summed E-state index contributed by atoms with van der Waals surface area (Å²) in [6.45, 7) is 0.402. The molecule has 0 radical (unpaired) electrons. The van der Waals surface area contributed by atoms with Gasteiger partial charge < -0.3 is 20.1 Å². The summed E-state index contributed by atoms with van der Waals surface area (Å²) in [4.78, 5) is 31.4. The molecule has 4 aromatic rings. The molecule has 11 heteroatoms. The maximum absolute atomic E-state index is 13.5. The van der Waals surface area contributed by atoms with Gasteiger partial charge in [0.05, 0.1) is 27.0 Å². The number of para-hydroxylation sites is 2. The first-order valence-corrected chi connectivity index (χ1v) is 13.9. The number of carbonyl (C=O) groups excluding carboxylic acids is 2. The molecule has 0 bridgehead atoms. The van der Waals surface area contributed by atoms with Gasteiger partial charge >= 0.3 is 0 Å². The minimum absolute atomic E-state index is 0.117. The molecule has 2 N–H and O–H groups in total. The van der Waals surface area contributed by atoms with E-state index in [0.717, 1.165) is 0 Å². The van der Waals surface area contributed by atoms with Crippen molar-refractivity contribution in [2.24, 2.45) is 4.99 Å². The second kappa shape index (κ2) is 12.8. The number of anilines is 1. The van der Waals surface area contributed by atoms with Gasteiger partial charge in [-0.2, -0.15) is 0 Å². The molecule has 5 rings (SSSR count). The average molecular weight is 629 g/mol. The number of hydrogen-bond donors (Lipinski definition) is 2. The van der Waals surface area contributed by atoms with Crippen molar-refractivity contribution in [3.8, 4) is 11.5 Å². The van der Waals surface area contributed by atoms with Gasteiger partial charge in [0.15, 0.2) is 0 Å². The van der Waals surface area contributed by atoms with Crippen LogP contribution < -0.4 is 20.1 Å². The third-order valence-corrected chi connectivity index (χ3v) is 7.05. The number of ether oxygens (including phenoxy) is 2. The maximum Gasteiger partial charge on any atom is 0.269 e. The van der Waals surface area contributed by atoms with E-state index in [1.165, 1.54) is 18.2 Å². The van der Waals surface area contributed by atoms with Gasteiger partial charge in [-0.25, -0.2) is 4.99 Å². The summed E-state index contributed by atoms with van der Waals surface area (Å²) >= 11 is 25.4. The monoisotopic (exact) mass is 627 g/mol. The Morgan fingerprint density at radius 1 is 0.829 bits per heavy atom. The highest BCUT2D eigenvalue weighted by Gasteiger charge is 2.30. The van der Waals surface area contributed by atoms with Crippen LogP contribution in [0, 0.1) is 0 Å². The number of nitrogens with one attached hydrogen (secondary N) is 2. The third kappa shape index (κ3) is 6.77. The van der Waals surface area contributed by atoms with E-state index in [1.807, 2.05) is 30.3 Å². The largest absolute Gasteiger partial charge is 0.490 e. The van der Waals surface area contributed by atoms with E-state index in [1.54, 1.807) is 36.4 Å². The molecule has 7 nitrogen and oxygen atoms in total. The van der Waals surface area contributed by atoms with Gasteiger partial charge in [-0.15, -0.1) is 0 Å². The van der Waals surface area contributed by atoms with E-state index < -0.39 is 18.0 Å². The van der Waals surface area contributed by atoms with Crippen LogP contribution in [0.3, 0.4) is 0 Å². The summed E-state index contributed by atoms with van der Waals surface area (Å²) in [5.74, 6) is -0.245. The van der Waals surface area contributed by atoms with E-state index in [0.29, 0.717) is 38.3 Å². The minimum Gasteiger partial charge on any atom is -0.490 e. The summed E-state index contributed by atoms with van der Waals surface area (Å²) in [6.07, 6.45) is -1.35. The zero-order valence-corrected chi connectivity index (χ0v) is 24.2. The van der Waals surface area contributed by atoms with Crippen molar-refractivity contribution in [2.75, 3.05) is 18.5 Å². The van der Waals surface area contributed by atoms with Gasteiger partial charge in [0.1, 0.15) is 24.7 Å². The number of rotatable bonds is 8. The summed E-state index contributed by atoms with van der Waals surface area (Å²) in [5, 5.41) is 6.60. The van der Waals surface area contributed by atoms with Crippen LogP contribution in [0.4, 0.5) is 5.69 Å². The summed E-state index contributed by atoms with van der Waals surface area (Å²) in [7, 11) is 0. The van der Waals surface area contributed by atoms with Crippen LogP contribution in [0.1, 0.15) is 21.5 Å².